The van der Waals surface area contributed by atoms with Crippen LogP contribution in [-0.4, -0.2) is 15.0 Å². The summed E-state index contributed by atoms with van der Waals surface area (Å²) in [5, 5.41) is 0. The molecule has 59 heavy (non-hydrogen) atoms. The summed E-state index contributed by atoms with van der Waals surface area (Å²) >= 11 is 0. The molecule has 0 N–H and O–H groups in total. The molecule has 0 bridgehead atoms. The fraction of sp³-hybridized carbons (Fsp3) is 0.0727. The summed E-state index contributed by atoms with van der Waals surface area (Å²) in [6.45, 7) is 4.73. The maximum Gasteiger partial charge on any atom is 0.160 e. The summed E-state index contributed by atoms with van der Waals surface area (Å²) in [4.78, 5) is 14.8. The molecule has 0 amide bonds. The highest BCUT2D eigenvalue weighted by molar-refractivity contribution is 5.80. The highest BCUT2D eigenvalue weighted by atomic mass is 16.5. The van der Waals surface area contributed by atoms with E-state index in [2.05, 4.69) is 177 Å². The fourth-order valence-electron chi connectivity index (χ4n) is 9.45. The Labute approximate surface area is 344 Å². The van der Waals surface area contributed by atoms with E-state index in [4.69, 9.17) is 14.7 Å². The molecule has 1 aliphatic carbocycles. The molecule has 280 valence electrons. The zero-order valence-corrected chi connectivity index (χ0v) is 32.8. The van der Waals surface area contributed by atoms with Crippen LogP contribution in [-0.2, 0) is 10.8 Å². The molecule has 2 aromatic heterocycles. The van der Waals surface area contributed by atoms with Crippen molar-refractivity contribution in [3.8, 4) is 67.8 Å². The molecule has 4 heteroatoms. The van der Waals surface area contributed by atoms with Gasteiger partial charge in [0.15, 0.2) is 5.82 Å². The van der Waals surface area contributed by atoms with Gasteiger partial charge in [-0.05, 0) is 75.8 Å². The standard InChI is InChI=1S/C55H39N3O/c1-54(2)42-19-6-7-20-43(42)55(45-21-8-10-24-51(45)59-52-25-11-9-22-46(52)55)44-31-30-39(34-47(44)54)36-26-28-37(29-27-36)49-35-50(58-53(57-49)38-15-4-3-5-16-38)41-18-14-17-40(33-41)48-23-12-13-32-56-48/h3-35H,1-2H3. The Hall–Kier alpha value is -7.43. The second kappa shape index (κ2) is 13.6. The van der Waals surface area contributed by atoms with E-state index in [-0.39, 0.29) is 5.41 Å². The van der Waals surface area contributed by atoms with Crippen molar-refractivity contribution in [3.05, 3.63) is 234 Å². The van der Waals surface area contributed by atoms with Crippen molar-refractivity contribution in [2.24, 2.45) is 0 Å². The minimum absolute atomic E-state index is 0.256. The van der Waals surface area contributed by atoms with Crippen molar-refractivity contribution in [2.75, 3.05) is 0 Å². The Morgan fingerprint density at radius 2 is 0.898 bits per heavy atom. The molecule has 0 saturated carbocycles. The number of rotatable bonds is 5. The Balaban J connectivity index is 1.03. The van der Waals surface area contributed by atoms with Crippen molar-refractivity contribution in [3.63, 3.8) is 0 Å². The van der Waals surface area contributed by atoms with Crippen LogP contribution >= 0.6 is 0 Å². The minimum atomic E-state index is -0.534. The Kier molecular flexibility index (Phi) is 8.02. The first-order valence-corrected chi connectivity index (χ1v) is 20.2. The highest BCUT2D eigenvalue weighted by Crippen LogP contribution is 2.61. The van der Waals surface area contributed by atoms with E-state index in [1.54, 1.807) is 0 Å². The van der Waals surface area contributed by atoms with Crippen molar-refractivity contribution >= 4 is 0 Å². The first-order valence-electron chi connectivity index (χ1n) is 20.2. The third-order valence-corrected chi connectivity index (χ3v) is 12.3. The van der Waals surface area contributed by atoms with E-state index in [1.807, 2.05) is 42.6 Å². The van der Waals surface area contributed by atoms with E-state index in [0.29, 0.717) is 5.82 Å². The maximum atomic E-state index is 6.60. The first-order chi connectivity index (χ1) is 29.0. The van der Waals surface area contributed by atoms with Gasteiger partial charge in [-0.15, -0.1) is 0 Å². The summed E-state index contributed by atoms with van der Waals surface area (Å²) in [7, 11) is 0. The number of pyridine rings is 1. The third kappa shape index (κ3) is 5.55. The van der Waals surface area contributed by atoms with Gasteiger partial charge in [0, 0.05) is 45.0 Å². The molecular weight excluding hydrogens is 719 g/mol. The quantitative estimate of drug-likeness (QED) is 0.175. The van der Waals surface area contributed by atoms with Gasteiger partial charge in [0.2, 0.25) is 0 Å². The largest absolute Gasteiger partial charge is 0.457 e. The predicted octanol–water partition coefficient (Wildman–Crippen LogP) is 13.3. The third-order valence-electron chi connectivity index (χ3n) is 12.3. The van der Waals surface area contributed by atoms with Crippen molar-refractivity contribution in [2.45, 2.75) is 24.7 Å². The first kappa shape index (κ1) is 34.8. The monoisotopic (exact) mass is 757 g/mol. The summed E-state index contributed by atoms with van der Waals surface area (Å²) in [6, 6.07) is 68.7. The van der Waals surface area contributed by atoms with Crippen molar-refractivity contribution in [1.29, 1.82) is 0 Å². The highest BCUT2D eigenvalue weighted by Gasteiger charge is 2.52. The van der Waals surface area contributed by atoms with Crippen LogP contribution in [0.25, 0.3) is 56.3 Å². The van der Waals surface area contributed by atoms with Crippen LogP contribution in [0.15, 0.2) is 200 Å². The Morgan fingerprint density at radius 1 is 0.356 bits per heavy atom. The number of aromatic nitrogens is 3. The molecule has 4 nitrogen and oxygen atoms in total. The molecule has 0 unspecified atom stereocenters. The van der Waals surface area contributed by atoms with E-state index < -0.39 is 5.41 Å². The lowest BCUT2D eigenvalue weighted by molar-refractivity contribution is 0.425. The summed E-state index contributed by atoms with van der Waals surface area (Å²) in [6.07, 6.45) is 1.83. The summed E-state index contributed by atoms with van der Waals surface area (Å²) < 4.78 is 6.60. The molecule has 9 aromatic rings. The van der Waals surface area contributed by atoms with Crippen LogP contribution in [0.5, 0.6) is 11.5 Å². The molecular formula is C55H39N3O. The molecule has 3 heterocycles. The second-order valence-electron chi connectivity index (χ2n) is 16.0. The number of hydrogen-bond donors (Lipinski definition) is 0. The molecule has 2 aliphatic rings. The zero-order chi connectivity index (χ0) is 39.6. The Bertz CT molecular complexity index is 3000. The van der Waals surface area contributed by atoms with E-state index in [0.717, 1.165) is 56.4 Å². The zero-order valence-electron chi connectivity index (χ0n) is 32.8. The van der Waals surface area contributed by atoms with Crippen LogP contribution in [0.4, 0.5) is 0 Å². The number of nitrogens with zero attached hydrogens (tertiary/aromatic N) is 3. The van der Waals surface area contributed by atoms with Gasteiger partial charge in [-0.3, -0.25) is 4.98 Å². The van der Waals surface area contributed by atoms with Gasteiger partial charge in [-0.1, -0.05) is 166 Å². The lowest BCUT2D eigenvalue weighted by Crippen LogP contribution is -2.43. The van der Waals surface area contributed by atoms with E-state index in [1.165, 1.54) is 38.9 Å². The second-order valence-corrected chi connectivity index (χ2v) is 16.0. The van der Waals surface area contributed by atoms with Gasteiger partial charge in [0.1, 0.15) is 11.5 Å². The van der Waals surface area contributed by atoms with Gasteiger partial charge in [-0.25, -0.2) is 9.97 Å². The lowest BCUT2D eigenvalue weighted by atomic mass is 9.53. The molecule has 0 radical (unpaired) electrons. The fourth-order valence-corrected chi connectivity index (χ4v) is 9.45. The van der Waals surface area contributed by atoms with Gasteiger partial charge < -0.3 is 4.74 Å². The number of fused-ring (bicyclic) bond motifs is 8. The van der Waals surface area contributed by atoms with Crippen LogP contribution in [0.3, 0.4) is 0 Å². The average molecular weight is 758 g/mol. The van der Waals surface area contributed by atoms with Gasteiger partial charge >= 0.3 is 0 Å². The van der Waals surface area contributed by atoms with Crippen molar-refractivity contribution < 1.29 is 4.74 Å². The Morgan fingerprint density at radius 3 is 1.59 bits per heavy atom. The van der Waals surface area contributed by atoms with E-state index >= 15 is 0 Å². The molecule has 0 atom stereocenters. The summed E-state index contributed by atoms with van der Waals surface area (Å²) in [5.41, 5.74) is 15.8. The lowest BCUT2D eigenvalue weighted by Gasteiger charge is -2.50. The predicted molar refractivity (Wildman–Crippen MR) is 238 cm³/mol. The normalized spacial score (nSPS) is 14.0. The number of benzene rings is 7. The molecule has 0 saturated heterocycles. The van der Waals surface area contributed by atoms with Crippen LogP contribution < -0.4 is 4.74 Å². The van der Waals surface area contributed by atoms with E-state index in [9.17, 15) is 0 Å². The van der Waals surface area contributed by atoms with Gasteiger partial charge in [0.25, 0.3) is 0 Å². The van der Waals surface area contributed by atoms with Crippen LogP contribution in [0.2, 0.25) is 0 Å². The van der Waals surface area contributed by atoms with Crippen LogP contribution in [0, 0.1) is 0 Å². The number of hydrogen-bond acceptors (Lipinski definition) is 4. The summed E-state index contributed by atoms with van der Waals surface area (Å²) in [5.74, 6) is 2.49. The molecule has 0 fully saturated rings. The molecule has 1 spiro atoms. The smallest absolute Gasteiger partial charge is 0.160 e. The SMILES string of the molecule is CC1(C)c2ccccc2C2(c3ccccc3Oc3ccccc32)c2ccc(-c3ccc(-c4cc(-c5cccc(-c6ccccn6)c5)nc(-c5ccccc5)n4)cc3)cc21. The van der Waals surface area contributed by atoms with Crippen molar-refractivity contribution in [1.82, 2.24) is 15.0 Å². The minimum Gasteiger partial charge on any atom is -0.457 e. The molecule has 1 aliphatic heterocycles. The molecule has 11 rings (SSSR count). The average Bonchev–Trinajstić information content (AvgIpc) is 3.31. The topological polar surface area (TPSA) is 47.9 Å². The van der Waals surface area contributed by atoms with Crippen LogP contribution in [0.1, 0.15) is 47.2 Å². The maximum absolute atomic E-state index is 6.60. The number of para-hydroxylation sites is 2. The van der Waals surface area contributed by atoms with Gasteiger partial charge in [0.05, 0.1) is 22.5 Å². The number of ether oxygens (including phenoxy) is 1. The van der Waals surface area contributed by atoms with Gasteiger partial charge in [-0.2, -0.15) is 0 Å². The molecule has 7 aromatic carbocycles.